The van der Waals surface area contributed by atoms with Crippen LogP contribution in [0.5, 0.6) is 5.75 Å². The zero-order chi connectivity index (χ0) is 26.1. The molecule has 0 atom stereocenters. The quantitative estimate of drug-likeness (QED) is 0.390. The second-order valence-corrected chi connectivity index (χ2v) is 9.16. The fourth-order valence-electron chi connectivity index (χ4n) is 4.49. The van der Waals surface area contributed by atoms with Crippen molar-refractivity contribution >= 4 is 40.6 Å². The monoisotopic (exact) mass is 522 g/mol. The van der Waals surface area contributed by atoms with Crippen LogP contribution in [0.25, 0.3) is 16.9 Å². The maximum Gasteiger partial charge on any atom is 0.255 e. The number of amides is 2. The number of anilines is 2. The molecule has 1 aliphatic heterocycles. The summed E-state index contributed by atoms with van der Waals surface area (Å²) in [6.07, 6.45) is 6.07. The maximum atomic E-state index is 14.3. The molecule has 11 heteroatoms. The third-order valence-corrected chi connectivity index (χ3v) is 6.84. The lowest BCUT2D eigenvalue weighted by molar-refractivity contribution is -0.123. The van der Waals surface area contributed by atoms with Gasteiger partial charge in [0.2, 0.25) is 5.91 Å². The topological polar surface area (TPSA) is 115 Å². The number of carbonyl (C=O) groups is 2. The molecule has 0 aliphatic carbocycles. The van der Waals surface area contributed by atoms with Crippen molar-refractivity contribution in [3.63, 3.8) is 0 Å². The molecule has 0 saturated carbocycles. The molecule has 3 N–H and O–H groups in total. The Morgan fingerprint density at radius 2 is 1.95 bits per heavy atom. The van der Waals surface area contributed by atoms with Crippen molar-refractivity contribution in [3.05, 3.63) is 71.4 Å². The second kappa shape index (κ2) is 10.1. The Kier molecular flexibility index (Phi) is 6.66. The molecule has 0 spiro atoms. The number of nitrogens with one attached hydrogen (secondary N) is 1. The summed E-state index contributed by atoms with van der Waals surface area (Å²) in [4.78, 5) is 34.9. The number of carbonyl (C=O) groups excluding carboxylic acids is 2. The molecule has 4 aromatic rings. The van der Waals surface area contributed by atoms with E-state index in [4.69, 9.17) is 22.1 Å². The number of nitrogens with two attached hydrogens (primary N) is 1. The van der Waals surface area contributed by atoms with Crippen molar-refractivity contribution in [2.45, 2.75) is 12.8 Å². The highest BCUT2D eigenvalue weighted by Gasteiger charge is 2.27. The molecule has 1 saturated heterocycles. The van der Waals surface area contributed by atoms with Gasteiger partial charge in [-0.15, -0.1) is 0 Å². The van der Waals surface area contributed by atoms with E-state index < -0.39 is 5.82 Å². The van der Waals surface area contributed by atoms with E-state index in [0.29, 0.717) is 59.9 Å². The van der Waals surface area contributed by atoms with Gasteiger partial charge in [0.05, 0.1) is 29.6 Å². The largest absolute Gasteiger partial charge is 0.494 e. The minimum Gasteiger partial charge on any atom is -0.494 e. The number of fused-ring (bicyclic) bond motifs is 1. The molecular formula is C26H24ClFN6O3. The van der Waals surface area contributed by atoms with Crippen molar-refractivity contribution in [3.8, 4) is 17.0 Å². The average Bonchev–Trinajstić information content (AvgIpc) is 3.34. The zero-order valence-electron chi connectivity index (χ0n) is 19.9. The van der Waals surface area contributed by atoms with E-state index in [0.717, 1.165) is 0 Å². The number of rotatable bonds is 6. The van der Waals surface area contributed by atoms with Crippen molar-refractivity contribution in [1.82, 2.24) is 19.3 Å². The van der Waals surface area contributed by atoms with Crippen LogP contribution in [0.4, 0.5) is 15.9 Å². The molecule has 1 aliphatic rings. The minimum atomic E-state index is -0.469. The number of nitrogens with zero attached hydrogens (tertiary/aromatic N) is 4. The number of benzene rings is 2. The van der Waals surface area contributed by atoms with Crippen LogP contribution in [-0.4, -0.2) is 51.3 Å². The van der Waals surface area contributed by atoms with E-state index in [2.05, 4.69) is 15.3 Å². The van der Waals surface area contributed by atoms with Gasteiger partial charge in [0, 0.05) is 42.7 Å². The first kappa shape index (κ1) is 24.5. The summed E-state index contributed by atoms with van der Waals surface area (Å²) >= 11 is 6.48. The minimum absolute atomic E-state index is 0.163. The Morgan fingerprint density at radius 3 is 2.62 bits per heavy atom. The molecule has 2 aromatic heterocycles. The standard InChI is InChI=1S/C26H24ClFN6O3/c1-37-22-5-2-16(12-20(22)28)21-14-31-25-24(30-8-11-34(21)25)32-17-3-4-18(19(27)13-17)26(36)33-9-6-15(7-10-33)23(29)35/h2-5,8,11-15H,6-7,9-10H2,1H3,(H2,29,35)(H,30,32). The lowest BCUT2D eigenvalue weighted by atomic mass is 9.96. The molecule has 1 fully saturated rings. The van der Waals surface area contributed by atoms with E-state index in [1.807, 2.05) is 0 Å². The van der Waals surface area contributed by atoms with E-state index >= 15 is 0 Å². The number of piperidine rings is 1. The van der Waals surface area contributed by atoms with E-state index in [9.17, 15) is 14.0 Å². The van der Waals surface area contributed by atoms with Crippen LogP contribution in [-0.2, 0) is 4.79 Å². The first-order valence-electron chi connectivity index (χ1n) is 11.7. The van der Waals surface area contributed by atoms with Crippen LogP contribution in [0.3, 0.4) is 0 Å². The SMILES string of the molecule is COc1ccc(-c2cnc3c(Nc4ccc(C(=O)N5CCC(C(N)=O)CC5)c(Cl)c4)nccn23)cc1F. The highest BCUT2D eigenvalue weighted by molar-refractivity contribution is 6.34. The summed E-state index contributed by atoms with van der Waals surface area (Å²) in [5, 5.41) is 3.49. The summed E-state index contributed by atoms with van der Waals surface area (Å²) in [5.41, 5.74) is 8.23. The highest BCUT2D eigenvalue weighted by atomic mass is 35.5. The third kappa shape index (κ3) is 4.79. The molecule has 2 amide bonds. The lowest BCUT2D eigenvalue weighted by Gasteiger charge is -2.30. The number of primary amides is 1. The van der Waals surface area contributed by atoms with Gasteiger partial charge in [0.25, 0.3) is 5.91 Å². The average molecular weight is 523 g/mol. The predicted molar refractivity (Wildman–Crippen MR) is 137 cm³/mol. The predicted octanol–water partition coefficient (Wildman–Crippen LogP) is 4.28. The van der Waals surface area contributed by atoms with Crippen LogP contribution in [0.15, 0.2) is 55.0 Å². The van der Waals surface area contributed by atoms with Crippen LogP contribution >= 0.6 is 11.6 Å². The number of ether oxygens (including phenoxy) is 1. The first-order valence-corrected chi connectivity index (χ1v) is 12.0. The van der Waals surface area contributed by atoms with Crippen LogP contribution in [0.2, 0.25) is 5.02 Å². The molecule has 0 radical (unpaired) electrons. The van der Waals surface area contributed by atoms with Gasteiger partial charge < -0.3 is 20.7 Å². The van der Waals surface area contributed by atoms with Crippen LogP contribution in [0.1, 0.15) is 23.2 Å². The Morgan fingerprint density at radius 1 is 1.16 bits per heavy atom. The molecule has 2 aromatic carbocycles. The molecule has 3 heterocycles. The number of likely N-dealkylation sites (tertiary alicyclic amines) is 1. The van der Waals surface area contributed by atoms with Gasteiger partial charge in [-0.2, -0.15) is 0 Å². The Labute approximate surface area is 217 Å². The number of halogens is 2. The molecule has 0 unspecified atom stereocenters. The normalized spacial score (nSPS) is 14.1. The molecule has 0 bridgehead atoms. The Hall–Kier alpha value is -4.18. The number of methoxy groups -OCH3 is 1. The molecule has 9 nitrogen and oxygen atoms in total. The van der Waals surface area contributed by atoms with Gasteiger partial charge in [-0.3, -0.25) is 14.0 Å². The summed E-state index contributed by atoms with van der Waals surface area (Å²) in [6.45, 7) is 0.907. The van der Waals surface area contributed by atoms with E-state index in [1.54, 1.807) is 58.2 Å². The Balaban J connectivity index is 1.36. The molecule has 37 heavy (non-hydrogen) atoms. The first-order chi connectivity index (χ1) is 17.9. The van der Waals surface area contributed by atoms with Gasteiger partial charge in [-0.05, 0) is 49.2 Å². The van der Waals surface area contributed by atoms with E-state index in [-0.39, 0.29) is 28.5 Å². The van der Waals surface area contributed by atoms with Gasteiger partial charge in [0.1, 0.15) is 0 Å². The van der Waals surface area contributed by atoms with Crippen molar-refractivity contribution in [2.24, 2.45) is 11.7 Å². The lowest BCUT2D eigenvalue weighted by Crippen LogP contribution is -2.41. The fourth-order valence-corrected chi connectivity index (χ4v) is 4.75. The summed E-state index contributed by atoms with van der Waals surface area (Å²) < 4.78 is 21.1. The zero-order valence-corrected chi connectivity index (χ0v) is 20.7. The Bertz CT molecular complexity index is 1500. The number of imidazole rings is 1. The fraction of sp³-hybridized carbons (Fsp3) is 0.231. The van der Waals surface area contributed by atoms with Gasteiger partial charge in [0.15, 0.2) is 23.0 Å². The van der Waals surface area contributed by atoms with Gasteiger partial charge in [-0.1, -0.05) is 11.6 Å². The summed E-state index contributed by atoms with van der Waals surface area (Å²) in [5.74, 6) is -0.562. The third-order valence-electron chi connectivity index (χ3n) is 6.52. The van der Waals surface area contributed by atoms with E-state index in [1.165, 1.54) is 13.2 Å². The highest BCUT2D eigenvalue weighted by Crippen LogP contribution is 2.30. The second-order valence-electron chi connectivity index (χ2n) is 8.75. The van der Waals surface area contributed by atoms with Crippen LogP contribution < -0.4 is 15.8 Å². The number of hydrogen-bond donors (Lipinski definition) is 2. The van der Waals surface area contributed by atoms with Gasteiger partial charge in [-0.25, -0.2) is 14.4 Å². The smallest absolute Gasteiger partial charge is 0.255 e. The van der Waals surface area contributed by atoms with Crippen molar-refractivity contribution < 1.29 is 18.7 Å². The summed E-state index contributed by atoms with van der Waals surface area (Å²) in [6, 6.07) is 9.76. The number of aromatic nitrogens is 3. The molecule has 5 rings (SSSR count). The van der Waals surface area contributed by atoms with Crippen LogP contribution in [0, 0.1) is 11.7 Å². The summed E-state index contributed by atoms with van der Waals surface area (Å²) in [7, 11) is 1.42. The van der Waals surface area contributed by atoms with Gasteiger partial charge >= 0.3 is 0 Å². The number of hydrogen-bond acceptors (Lipinski definition) is 6. The van der Waals surface area contributed by atoms with Crippen molar-refractivity contribution in [1.29, 1.82) is 0 Å². The maximum absolute atomic E-state index is 14.3. The molecular weight excluding hydrogens is 499 g/mol. The molecule has 190 valence electrons. The van der Waals surface area contributed by atoms with Crippen molar-refractivity contribution in [2.75, 3.05) is 25.5 Å².